The molecule has 0 saturated carbocycles. The van der Waals surface area contributed by atoms with Gasteiger partial charge in [0.15, 0.2) is 11.5 Å². The van der Waals surface area contributed by atoms with Gasteiger partial charge in [-0.2, -0.15) is 0 Å². The van der Waals surface area contributed by atoms with Crippen molar-refractivity contribution >= 4 is 23.0 Å². The van der Waals surface area contributed by atoms with E-state index < -0.39 is 0 Å². The van der Waals surface area contributed by atoms with Crippen LogP contribution < -0.4 is 14.8 Å². The molecule has 6 nitrogen and oxygen atoms in total. The molecule has 0 radical (unpaired) electrons. The minimum absolute atomic E-state index is 0.0251. The smallest absolute Gasteiger partial charge is 0.243 e. The number of hydrogen-bond acceptors (Lipinski definition) is 4. The van der Waals surface area contributed by atoms with Crippen molar-refractivity contribution in [2.75, 3.05) is 20.3 Å². The summed E-state index contributed by atoms with van der Waals surface area (Å²) < 4.78 is 13.9. The Balaban J connectivity index is 1.54. The van der Waals surface area contributed by atoms with Crippen molar-refractivity contribution in [1.82, 2.24) is 14.9 Å². The van der Waals surface area contributed by atoms with Gasteiger partial charge in [-0.1, -0.05) is 42.8 Å². The van der Waals surface area contributed by atoms with Crippen LogP contribution in [0.25, 0.3) is 17.1 Å². The lowest BCUT2D eigenvalue weighted by atomic mass is 10.2. The van der Waals surface area contributed by atoms with Crippen LogP contribution in [0.3, 0.4) is 0 Å². The van der Waals surface area contributed by atoms with Gasteiger partial charge in [-0.15, -0.1) is 0 Å². The number of rotatable bonds is 14. The number of ether oxygens (including phenoxy) is 2. The second-order valence-electron chi connectivity index (χ2n) is 8.38. The predicted octanol–water partition coefficient (Wildman–Crippen LogP) is 5.95. The molecule has 6 heteroatoms. The number of carbonyl (C=O) groups is 1. The van der Waals surface area contributed by atoms with Crippen LogP contribution in [0.1, 0.15) is 50.9 Å². The van der Waals surface area contributed by atoms with E-state index in [-0.39, 0.29) is 5.91 Å². The molecule has 0 aliphatic rings. The maximum absolute atomic E-state index is 11.5. The highest BCUT2D eigenvalue weighted by Crippen LogP contribution is 2.29. The summed E-state index contributed by atoms with van der Waals surface area (Å²) in [7, 11) is 1.67. The van der Waals surface area contributed by atoms with Crippen LogP contribution >= 0.6 is 0 Å². The standard InChI is InChI=1S/C29H37N3O3/c1-4-12-23-17-18-26(27(22-23)34-3)35-21-11-20-32-25-15-9-8-14-24(25)31-28(32)16-7-6-10-19-30-29(33)13-5-2/h4-5,8-9,12-15,17-18,22H,6-7,10-11,16,19-21H2,1-3H3,(H,30,33)/b12-4+,13-5+. The lowest BCUT2D eigenvalue weighted by Crippen LogP contribution is -2.21. The number of nitrogens with zero attached hydrogens (tertiary/aromatic N) is 2. The van der Waals surface area contributed by atoms with E-state index in [1.165, 1.54) is 0 Å². The molecule has 0 atom stereocenters. The number of imidazole rings is 1. The Morgan fingerprint density at radius 2 is 1.89 bits per heavy atom. The number of benzene rings is 2. The maximum Gasteiger partial charge on any atom is 0.243 e. The average molecular weight is 476 g/mol. The summed E-state index contributed by atoms with van der Waals surface area (Å²) in [6.45, 7) is 5.98. The Hall–Kier alpha value is -3.54. The zero-order chi connectivity index (χ0) is 24.9. The Bertz CT molecular complexity index is 1150. The largest absolute Gasteiger partial charge is 0.493 e. The number of unbranched alkanes of at least 4 members (excludes halogenated alkanes) is 2. The normalized spacial score (nSPS) is 11.5. The first kappa shape index (κ1) is 26.1. The van der Waals surface area contributed by atoms with Crippen molar-refractivity contribution in [1.29, 1.82) is 0 Å². The lowest BCUT2D eigenvalue weighted by molar-refractivity contribution is -0.116. The van der Waals surface area contributed by atoms with Gasteiger partial charge in [-0.05, 0) is 69.0 Å². The van der Waals surface area contributed by atoms with E-state index in [4.69, 9.17) is 14.5 Å². The Labute approximate surface area is 208 Å². The summed E-state index contributed by atoms with van der Waals surface area (Å²) in [5.74, 6) is 2.59. The quantitative estimate of drug-likeness (QED) is 0.231. The molecule has 0 aliphatic heterocycles. The Morgan fingerprint density at radius 1 is 1.03 bits per heavy atom. The molecule has 0 fully saturated rings. The zero-order valence-corrected chi connectivity index (χ0v) is 21.1. The van der Waals surface area contributed by atoms with Gasteiger partial charge >= 0.3 is 0 Å². The van der Waals surface area contributed by atoms with Crippen LogP contribution in [0.4, 0.5) is 0 Å². The molecule has 3 rings (SSSR count). The molecule has 3 aromatic rings. The number of allylic oxidation sites excluding steroid dienone is 2. The molecule has 2 aromatic carbocycles. The third kappa shape index (κ3) is 7.74. The molecule has 0 aliphatic carbocycles. The van der Waals surface area contributed by atoms with Gasteiger partial charge in [0.2, 0.25) is 5.91 Å². The van der Waals surface area contributed by atoms with Crippen LogP contribution in [0.15, 0.2) is 60.7 Å². The number of aromatic nitrogens is 2. The number of carbonyl (C=O) groups excluding carboxylic acids is 1. The molecule has 0 spiro atoms. The van der Waals surface area contributed by atoms with Crippen molar-refractivity contribution in [3.63, 3.8) is 0 Å². The molecule has 1 N–H and O–H groups in total. The van der Waals surface area contributed by atoms with E-state index in [9.17, 15) is 4.79 Å². The first-order valence-corrected chi connectivity index (χ1v) is 12.4. The van der Waals surface area contributed by atoms with E-state index in [2.05, 4.69) is 28.1 Å². The topological polar surface area (TPSA) is 65.4 Å². The molecular weight excluding hydrogens is 438 g/mol. The molecule has 0 saturated heterocycles. The van der Waals surface area contributed by atoms with Gasteiger partial charge in [0.05, 0.1) is 24.8 Å². The highest BCUT2D eigenvalue weighted by Gasteiger charge is 2.11. The molecule has 0 unspecified atom stereocenters. The number of methoxy groups -OCH3 is 1. The number of nitrogens with one attached hydrogen (secondary N) is 1. The van der Waals surface area contributed by atoms with Crippen LogP contribution in [-0.2, 0) is 17.8 Å². The highest BCUT2D eigenvalue weighted by atomic mass is 16.5. The van der Waals surface area contributed by atoms with Gasteiger partial charge < -0.3 is 19.4 Å². The number of aryl methyl sites for hydroxylation is 2. The summed E-state index contributed by atoms with van der Waals surface area (Å²) in [5, 5.41) is 2.91. The Kier molecular flexibility index (Phi) is 10.4. The van der Waals surface area contributed by atoms with E-state index >= 15 is 0 Å². The maximum atomic E-state index is 11.5. The van der Waals surface area contributed by atoms with E-state index in [0.29, 0.717) is 13.2 Å². The third-order valence-corrected chi connectivity index (χ3v) is 5.76. The van der Waals surface area contributed by atoms with Gasteiger partial charge in [-0.25, -0.2) is 4.98 Å². The van der Waals surface area contributed by atoms with Crippen LogP contribution in [0.5, 0.6) is 11.5 Å². The highest BCUT2D eigenvalue weighted by molar-refractivity contribution is 5.87. The van der Waals surface area contributed by atoms with Gasteiger partial charge in [0, 0.05) is 19.5 Å². The fraction of sp³-hybridized carbons (Fsp3) is 0.379. The molecule has 1 amide bonds. The SMILES string of the molecule is C/C=C/C(=O)NCCCCCc1nc2ccccc2n1CCCOc1ccc(/C=C/C)cc1OC. The summed E-state index contributed by atoms with van der Waals surface area (Å²) in [6.07, 6.45) is 12.2. The first-order chi connectivity index (χ1) is 17.2. The van der Waals surface area contributed by atoms with Crippen molar-refractivity contribution < 1.29 is 14.3 Å². The van der Waals surface area contributed by atoms with Crippen molar-refractivity contribution in [2.24, 2.45) is 0 Å². The molecule has 186 valence electrons. The number of para-hydroxylation sites is 2. The van der Waals surface area contributed by atoms with Gasteiger partial charge in [0.1, 0.15) is 5.82 Å². The summed E-state index contributed by atoms with van der Waals surface area (Å²) in [5.41, 5.74) is 3.28. The van der Waals surface area contributed by atoms with Gasteiger partial charge in [0.25, 0.3) is 0 Å². The van der Waals surface area contributed by atoms with Crippen LogP contribution in [0, 0.1) is 0 Å². The summed E-state index contributed by atoms with van der Waals surface area (Å²) in [6, 6.07) is 14.3. The fourth-order valence-electron chi connectivity index (χ4n) is 4.08. The summed E-state index contributed by atoms with van der Waals surface area (Å²) in [4.78, 5) is 16.4. The molecule has 0 bridgehead atoms. The zero-order valence-electron chi connectivity index (χ0n) is 21.1. The van der Waals surface area contributed by atoms with E-state index in [1.54, 1.807) is 19.3 Å². The van der Waals surface area contributed by atoms with Crippen LogP contribution in [-0.4, -0.2) is 35.7 Å². The van der Waals surface area contributed by atoms with E-state index in [1.807, 2.05) is 50.3 Å². The monoisotopic (exact) mass is 475 g/mol. The molecular formula is C29H37N3O3. The predicted molar refractivity (Wildman–Crippen MR) is 143 cm³/mol. The Morgan fingerprint density at radius 3 is 2.69 bits per heavy atom. The fourth-order valence-corrected chi connectivity index (χ4v) is 4.08. The first-order valence-electron chi connectivity index (χ1n) is 12.4. The van der Waals surface area contributed by atoms with Crippen molar-refractivity contribution in [2.45, 2.75) is 52.5 Å². The third-order valence-electron chi connectivity index (χ3n) is 5.76. The van der Waals surface area contributed by atoms with Crippen molar-refractivity contribution in [3.05, 3.63) is 72.1 Å². The number of amides is 1. The molecule has 1 heterocycles. The number of fused-ring (bicyclic) bond motifs is 1. The van der Waals surface area contributed by atoms with Crippen molar-refractivity contribution in [3.8, 4) is 11.5 Å². The second kappa shape index (κ2) is 14.0. The molecule has 35 heavy (non-hydrogen) atoms. The average Bonchev–Trinajstić information content (AvgIpc) is 3.22. The summed E-state index contributed by atoms with van der Waals surface area (Å²) >= 11 is 0. The minimum Gasteiger partial charge on any atom is -0.493 e. The minimum atomic E-state index is -0.0251. The van der Waals surface area contributed by atoms with E-state index in [0.717, 1.165) is 72.6 Å². The van der Waals surface area contributed by atoms with Crippen LogP contribution in [0.2, 0.25) is 0 Å². The second-order valence-corrected chi connectivity index (χ2v) is 8.38. The number of hydrogen-bond donors (Lipinski definition) is 1. The molecule has 1 aromatic heterocycles. The van der Waals surface area contributed by atoms with Gasteiger partial charge in [-0.3, -0.25) is 4.79 Å². The lowest BCUT2D eigenvalue weighted by Gasteiger charge is -2.13.